The molecular weight excluding hydrogens is 443 g/mol. The molecule has 0 spiro atoms. The second-order valence-corrected chi connectivity index (χ2v) is 6.25. The number of pyridine rings is 1. The third kappa shape index (κ3) is 5.33. The summed E-state index contributed by atoms with van der Waals surface area (Å²) >= 11 is 0. The van der Waals surface area contributed by atoms with Gasteiger partial charge in [-0.2, -0.15) is 0 Å². The van der Waals surface area contributed by atoms with Crippen LogP contribution >= 0.6 is 24.0 Å². The lowest BCUT2D eigenvalue weighted by Crippen LogP contribution is -2.36. The zero-order valence-corrected chi connectivity index (χ0v) is 17.9. The molecule has 142 valence electrons. The number of anilines is 1. The minimum Gasteiger partial charge on any atom is -0.444 e. The summed E-state index contributed by atoms with van der Waals surface area (Å²) in [5.74, 6) is 3.29. The largest absolute Gasteiger partial charge is 0.444 e. The normalized spacial score (nSPS) is 14.3. The van der Waals surface area contributed by atoms with Gasteiger partial charge in [-0.25, -0.2) is 9.97 Å². The standard InChI is InChI=1S/C18H26N6O.HI/c1-13-14(2)25-17(23-13)12-22-18(19-3)21-11-15-6-7-16(20-10-15)24-8-4-5-9-24;/h6-7,10H,4-5,8-9,11-12H2,1-3H3,(H2,19,21,22);1H. The summed E-state index contributed by atoms with van der Waals surface area (Å²) in [4.78, 5) is 15.5. The Morgan fingerprint density at radius 2 is 1.92 bits per heavy atom. The van der Waals surface area contributed by atoms with Crippen molar-refractivity contribution >= 4 is 35.8 Å². The molecule has 3 heterocycles. The van der Waals surface area contributed by atoms with Crippen molar-refractivity contribution in [1.82, 2.24) is 20.6 Å². The lowest BCUT2D eigenvalue weighted by molar-refractivity contribution is 0.463. The van der Waals surface area contributed by atoms with E-state index in [-0.39, 0.29) is 24.0 Å². The molecule has 1 aliphatic heterocycles. The number of nitrogens with zero attached hydrogens (tertiary/aromatic N) is 4. The average Bonchev–Trinajstić information content (AvgIpc) is 3.26. The Balaban J connectivity index is 0.00000243. The van der Waals surface area contributed by atoms with E-state index in [1.54, 1.807) is 7.05 Å². The van der Waals surface area contributed by atoms with E-state index in [4.69, 9.17) is 4.42 Å². The highest BCUT2D eigenvalue weighted by Crippen LogP contribution is 2.17. The number of aromatic nitrogens is 2. The molecule has 0 amide bonds. The molecule has 1 aliphatic rings. The number of halogens is 1. The minimum atomic E-state index is 0. The molecule has 1 saturated heterocycles. The molecule has 8 heteroatoms. The Morgan fingerprint density at radius 3 is 2.50 bits per heavy atom. The van der Waals surface area contributed by atoms with Crippen LogP contribution in [0, 0.1) is 13.8 Å². The molecule has 0 unspecified atom stereocenters. The molecule has 0 saturated carbocycles. The molecule has 0 aliphatic carbocycles. The fourth-order valence-corrected chi connectivity index (χ4v) is 2.84. The molecule has 26 heavy (non-hydrogen) atoms. The van der Waals surface area contributed by atoms with Crippen molar-refractivity contribution in [3.8, 4) is 0 Å². The Bertz CT molecular complexity index is 702. The van der Waals surface area contributed by atoms with Crippen LogP contribution in [0.15, 0.2) is 27.7 Å². The molecule has 3 rings (SSSR count). The first-order valence-corrected chi connectivity index (χ1v) is 8.73. The second kappa shape index (κ2) is 9.75. The van der Waals surface area contributed by atoms with Crippen LogP contribution in [0.2, 0.25) is 0 Å². The van der Waals surface area contributed by atoms with E-state index < -0.39 is 0 Å². The summed E-state index contributed by atoms with van der Waals surface area (Å²) in [6, 6.07) is 4.21. The summed E-state index contributed by atoms with van der Waals surface area (Å²) in [5, 5.41) is 6.49. The molecule has 2 aromatic rings. The van der Waals surface area contributed by atoms with Crippen molar-refractivity contribution in [2.75, 3.05) is 25.0 Å². The number of aryl methyl sites for hydroxylation is 2. The van der Waals surface area contributed by atoms with Gasteiger partial charge in [0.1, 0.15) is 11.6 Å². The van der Waals surface area contributed by atoms with Gasteiger partial charge in [0.05, 0.1) is 12.2 Å². The maximum atomic E-state index is 5.56. The zero-order valence-electron chi connectivity index (χ0n) is 15.6. The molecule has 2 N–H and O–H groups in total. The van der Waals surface area contributed by atoms with Crippen molar-refractivity contribution in [1.29, 1.82) is 0 Å². The van der Waals surface area contributed by atoms with Crippen LogP contribution in [-0.4, -0.2) is 36.1 Å². The molecule has 0 atom stereocenters. The fourth-order valence-electron chi connectivity index (χ4n) is 2.84. The van der Waals surface area contributed by atoms with E-state index in [1.807, 2.05) is 20.0 Å². The molecule has 2 aromatic heterocycles. The summed E-state index contributed by atoms with van der Waals surface area (Å²) in [7, 11) is 1.75. The topological polar surface area (TPSA) is 78.6 Å². The van der Waals surface area contributed by atoms with E-state index in [9.17, 15) is 0 Å². The summed E-state index contributed by atoms with van der Waals surface area (Å²) in [5.41, 5.74) is 2.04. The van der Waals surface area contributed by atoms with Crippen LogP contribution in [0.3, 0.4) is 0 Å². The van der Waals surface area contributed by atoms with Gasteiger partial charge in [-0.05, 0) is 38.3 Å². The molecule has 0 radical (unpaired) electrons. The van der Waals surface area contributed by atoms with Gasteiger partial charge in [0, 0.05) is 32.9 Å². The lowest BCUT2D eigenvalue weighted by Gasteiger charge is -2.16. The van der Waals surface area contributed by atoms with Crippen molar-refractivity contribution in [2.24, 2.45) is 4.99 Å². The number of hydrogen-bond acceptors (Lipinski definition) is 5. The molecule has 0 aromatic carbocycles. The van der Waals surface area contributed by atoms with Crippen LogP contribution in [0.5, 0.6) is 0 Å². The van der Waals surface area contributed by atoms with E-state index in [0.29, 0.717) is 24.9 Å². The van der Waals surface area contributed by atoms with Gasteiger partial charge >= 0.3 is 0 Å². The second-order valence-electron chi connectivity index (χ2n) is 6.25. The minimum absolute atomic E-state index is 0. The predicted octanol–water partition coefficient (Wildman–Crippen LogP) is 2.77. The average molecular weight is 470 g/mol. The van der Waals surface area contributed by atoms with Crippen molar-refractivity contribution in [3.05, 3.63) is 41.2 Å². The first kappa shape index (κ1) is 20.5. The van der Waals surface area contributed by atoms with Crippen LogP contribution < -0.4 is 15.5 Å². The van der Waals surface area contributed by atoms with Gasteiger partial charge in [0.15, 0.2) is 5.96 Å². The van der Waals surface area contributed by atoms with Gasteiger partial charge in [-0.1, -0.05) is 6.07 Å². The predicted molar refractivity (Wildman–Crippen MR) is 114 cm³/mol. The Labute approximate surface area is 171 Å². The van der Waals surface area contributed by atoms with Gasteiger partial charge in [-0.3, -0.25) is 4.99 Å². The molecule has 0 bridgehead atoms. The van der Waals surface area contributed by atoms with Crippen molar-refractivity contribution in [2.45, 2.75) is 39.8 Å². The van der Waals surface area contributed by atoms with E-state index in [0.717, 1.165) is 35.9 Å². The van der Waals surface area contributed by atoms with Crippen molar-refractivity contribution in [3.63, 3.8) is 0 Å². The number of rotatable bonds is 5. The quantitative estimate of drug-likeness (QED) is 0.398. The Hall–Kier alpha value is -1.84. The first-order valence-electron chi connectivity index (χ1n) is 8.73. The highest BCUT2D eigenvalue weighted by atomic mass is 127. The Morgan fingerprint density at radius 1 is 1.19 bits per heavy atom. The maximum Gasteiger partial charge on any atom is 0.214 e. The zero-order chi connectivity index (χ0) is 17.6. The monoisotopic (exact) mass is 470 g/mol. The number of aliphatic imine (C=N–C) groups is 1. The molecule has 1 fully saturated rings. The van der Waals surface area contributed by atoms with E-state index in [2.05, 4.69) is 42.6 Å². The highest BCUT2D eigenvalue weighted by Gasteiger charge is 2.13. The van der Waals surface area contributed by atoms with Gasteiger partial charge < -0.3 is 20.0 Å². The fraction of sp³-hybridized carbons (Fsp3) is 0.500. The first-order chi connectivity index (χ1) is 12.2. The number of oxazole rings is 1. The third-order valence-corrected chi connectivity index (χ3v) is 4.40. The summed E-state index contributed by atoms with van der Waals surface area (Å²) in [6.45, 7) is 7.24. The summed E-state index contributed by atoms with van der Waals surface area (Å²) < 4.78 is 5.56. The van der Waals surface area contributed by atoms with Crippen LogP contribution in [0.1, 0.15) is 35.7 Å². The lowest BCUT2D eigenvalue weighted by atomic mass is 10.3. The van der Waals surface area contributed by atoms with Crippen molar-refractivity contribution < 1.29 is 4.42 Å². The SMILES string of the molecule is CN=C(NCc1ccc(N2CCCC2)nc1)NCc1nc(C)c(C)o1.I. The van der Waals surface area contributed by atoms with Crippen LogP contribution in [-0.2, 0) is 13.1 Å². The third-order valence-electron chi connectivity index (χ3n) is 4.40. The smallest absolute Gasteiger partial charge is 0.214 e. The summed E-state index contributed by atoms with van der Waals surface area (Å²) in [6.07, 6.45) is 4.45. The van der Waals surface area contributed by atoms with Gasteiger partial charge in [0.2, 0.25) is 5.89 Å². The van der Waals surface area contributed by atoms with Gasteiger partial charge in [0.25, 0.3) is 0 Å². The molecular formula is C18H27IN6O. The van der Waals surface area contributed by atoms with Gasteiger partial charge in [-0.15, -0.1) is 24.0 Å². The number of guanidine groups is 1. The van der Waals surface area contributed by atoms with Crippen LogP contribution in [0.25, 0.3) is 0 Å². The number of hydrogen-bond donors (Lipinski definition) is 2. The van der Waals surface area contributed by atoms with E-state index >= 15 is 0 Å². The van der Waals surface area contributed by atoms with Crippen LogP contribution in [0.4, 0.5) is 5.82 Å². The maximum absolute atomic E-state index is 5.56. The Kier molecular flexibility index (Phi) is 7.67. The van der Waals surface area contributed by atoms with E-state index in [1.165, 1.54) is 12.8 Å². The number of nitrogens with one attached hydrogen (secondary N) is 2. The molecule has 7 nitrogen and oxygen atoms in total. The highest BCUT2D eigenvalue weighted by molar-refractivity contribution is 14.0.